The van der Waals surface area contributed by atoms with Crippen LogP contribution in [0, 0.1) is 0 Å². The number of aromatic nitrogens is 2. The first-order chi connectivity index (χ1) is 8.37. The normalized spacial score (nSPS) is 30.6. The third-order valence-corrected chi connectivity index (χ3v) is 2.66. The first kappa shape index (κ1) is 12.9. The van der Waals surface area contributed by atoms with Crippen LogP contribution in [-0.2, 0) is 4.74 Å². The molecule has 2 rings (SSSR count). The van der Waals surface area contributed by atoms with Crippen LogP contribution in [0.1, 0.15) is 6.23 Å². The van der Waals surface area contributed by atoms with E-state index in [9.17, 15) is 18.7 Å². The quantitative estimate of drug-likeness (QED) is 0.612. The summed E-state index contributed by atoms with van der Waals surface area (Å²) in [7, 11) is 0. The molecule has 0 aliphatic carbocycles. The monoisotopic (exact) mass is 263 g/mol. The van der Waals surface area contributed by atoms with Crippen molar-refractivity contribution in [2.24, 2.45) is 0 Å². The van der Waals surface area contributed by atoms with Gasteiger partial charge in [0.1, 0.15) is 11.9 Å². The molecule has 9 heteroatoms. The summed E-state index contributed by atoms with van der Waals surface area (Å²) >= 11 is 0. The summed E-state index contributed by atoms with van der Waals surface area (Å²) in [6.07, 6.45) is -4.69. The fraction of sp³-hybridized carbons (Fsp3) is 0.556. The molecule has 1 aromatic heterocycles. The first-order valence-corrected chi connectivity index (χ1v) is 5.04. The third kappa shape index (κ3) is 1.85. The van der Waals surface area contributed by atoms with Crippen molar-refractivity contribution in [2.45, 2.75) is 24.4 Å². The second kappa shape index (κ2) is 4.26. The molecular formula is C9H11F2N3O4. The molecule has 3 atom stereocenters. The molecule has 1 fully saturated rings. The first-order valence-electron chi connectivity index (χ1n) is 5.04. The predicted octanol–water partition coefficient (Wildman–Crippen LogP) is -1.29. The summed E-state index contributed by atoms with van der Waals surface area (Å²) in [6, 6.07) is 1.15. The van der Waals surface area contributed by atoms with E-state index in [1.165, 1.54) is 0 Å². The Morgan fingerprint density at radius 1 is 1.61 bits per heavy atom. The van der Waals surface area contributed by atoms with Gasteiger partial charge in [0, 0.05) is 6.20 Å². The van der Waals surface area contributed by atoms with Gasteiger partial charge in [-0.05, 0) is 6.07 Å². The molecule has 0 unspecified atom stereocenters. The maximum Gasteiger partial charge on any atom is 0.351 e. The zero-order chi connectivity index (χ0) is 13.5. The highest BCUT2D eigenvalue weighted by Crippen LogP contribution is 2.41. The Balaban J connectivity index is 2.42. The van der Waals surface area contributed by atoms with Gasteiger partial charge in [-0.3, -0.25) is 4.57 Å². The highest BCUT2D eigenvalue weighted by molar-refractivity contribution is 5.23. The van der Waals surface area contributed by atoms with E-state index in [-0.39, 0.29) is 5.82 Å². The molecule has 0 aromatic carbocycles. The summed E-state index contributed by atoms with van der Waals surface area (Å²) in [5.41, 5.74) is 4.21. The molecule has 2 heterocycles. The maximum atomic E-state index is 13.7. The Morgan fingerprint density at radius 3 is 2.78 bits per heavy atom. The van der Waals surface area contributed by atoms with Crippen LogP contribution in [0.2, 0.25) is 0 Å². The number of aliphatic hydroxyl groups is 2. The second-order valence-corrected chi connectivity index (χ2v) is 3.87. The zero-order valence-electron chi connectivity index (χ0n) is 9.03. The predicted molar refractivity (Wildman–Crippen MR) is 54.9 cm³/mol. The molecular weight excluding hydrogens is 252 g/mol. The fourth-order valence-corrected chi connectivity index (χ4v) is 1.72. The largest absolute Gasteiger partial charge is 0.394 e. The van der Waals surface area contributed by atoms with Crippen LogP contribution in [0.15, 0.2) is 17.1 Å². The van der Waals surface area contributed by atoms with E-state index in [2.05, 4.69) is 4.98 Å². The summed E-state index contributed by atoms with van der Waals surface area (Å²) in [5.74, 6) is -3.83. The number of aliphatic hydroxyl groups excluding tert-OH is 2. The average Bonchev–Trinajstić information content (AvgIpc) is 2.52. The second-order valence-electron chi connectivity index (χ2n) is 3.87. The van der Waals surface area contributed by atoms with Crippen LogP contribution in [0.25, 0.3) is 0 Å². The van der Waals surface area contributed by atoms with Crippen molar-refractivity contribution >= 4 is 5.82 Å². The van der Waals surface area contributed by atoms with Gasteiger partial charge >= 0.3 is 11.6 Å². The highest BCUT2D eigenvalue weighted by atomic mass is 19.3. The minimum absolute atomic E-state index is 0.114. The number of nitrogen functional groups attached to an aromatic ring is 1. The van der Waals surface area contributed by atoms with E-state index in [0.29, 0.717) is 4.57 Å². The SMILES string of the molecule is Nc1ccn([C@@H]2O[C@H](CO)[C@H](O)C2(F)F)c(=O)n1. The van der Waals surface area contributed by atoms with Gasteiger partial charge in [-0.25, -0.2) is 4.79 Å². The Morgan fingerprint density at radius 2 is 2.28 bits per heavy atom. The lowest BCUT2D eigenvalue weighted by Gasteiger charge is -2.20. The fourth-order valence-electron chi connectivity index (χ4n) is 1.72. The van der Waals surface area contributed by atoms with Crippen LogP contribution in [-0.4, -0.2) is 44.5 Å². The number of anilines is 1. The smallest absolute Gasteiger partial charge is 0.351 e. The molecule has 1 saturated heterocycles. The van der Waals surface area contributed by atoms with Gasteiger partial charge in [0.15, 0.2) is 6.10 Å². The van der Waals surface area contributed by atoms with Crippen molar-refractivity contribution in [3.05, 3.63) is 22.7 Å². The molecule has 7 nitrogen and oxygen atoms in total. The zero-order valence-corrected chi connectivity index (χ0v) is 9.03. The molecule has 18 heavy (non-hydrogen) atoms. The van der Waals surface area contributed by atoms with Gasteiger partial charge in [-0.15, -0.1) is 0 Å². The van der Waals surface area contributed by atoms with Crippen molar-refractivity contribution in [1.82, 2.24) is 9.55 Å². The number of nitrogens with two attached hydrogens (primary N) is 1. The van der Waals surface area contributed by atoms with Crippen LogP contribution >= 0.6 is 0 Å². The van der Waals surface area contributed by atoms with Gasteiger partial charge in [-0.2, -0.15) is 13.8 Å². The molecule has 0 amide bonds. The summed E-state index contributed by atoms with van der Waals surface area (Å²) in [4.78, 5) is 14.7. The minimum atomic E-state index is -3.71. The Hall–Kier alpha value is -1.58. The lowest BCUT2D eigenvalue weighted by Crippen LogP contribution is -2.41. The topological polar surface area (TPSA) is 111 Å². The number of nitrogens with zero attached hydrogens (tertiary/aromatic N) is 2. The number of hydrogen-bond acceptors (Lipinski definition) is 6. The molecule has 0 radical (unpaired) electrons. The van der Waals surface area contributed by atoms with Gasteiger partial charge in [0.25, 0.3) is 0 Å². The van der Waals surface area contributed by atoms with Crippen molar-refractivity contribution in [1.29, 1.82) is 0 Å². The van der Waals surface area contributed by atoms with E-state index >= 15 is 0 Å². The van der Waals surface area contributed by atoms with Crippen LogP contribution < -0.4 is 11.4 Å². The number of alkyl halides is 2. The molecule has 1 aliphatic rings. The van der Waals surface area contributed by atoms with E-state index in [4.69, 9.17) is 15.6 Å². The number of hydrogen-bond donors (Lipinski definition) is 3. The molecule has 0 spiro atoms. The standard InChI is InChI=1S/C9H11F2N3O4/c10-9(11)6(16)4(3-15)18-7(9)14-2-1-5(12)13-8(14)17/h1-2,4,6-7,15-16H,3H2,(H2,12,13,17)/t4-,6+,7-/m1/s1. The molecule has 1 aromatic rings. The lowest BCUT2D eigenvalue weighted by atomic mass is 10.1. The van der Waals surface area contributed by atoms with E-state index in [1.54, 1.807) is 0 Å². The lowest BCUT2D eigenvalue weighted by molar-refractivity contribution is -0.140. The van der Waals surface area contributed by atoms with E-state index in [1.807, 2.05) is 0 Å². The Kier molecular flexibility index (Phi) is 3.05. The van der Waals surface area contributed by atoms with Gasteiger partial charge < -0.3 is 20.7 Å². The summed E-state index contributed by atoms with van der Waals surface area (Å²) in [6.45, 7) is -0.787. The summed E-state index contributed by atoms with van der Waals surface area (Å²) in [5, 5.41) is 18.1. The van der Waals surface area contributed by atoms with Gasteiger partial charge in [-0.1, -0.05) is 0 Å². The number of ether oxygens (including phenoxy) is 1. The van der Waals surface area contributed by atoms with Crippen molar-refractivity contribution < 1.29 is 23.7 Å². The molecule has 100 valence electrons. The Labute approximate surface area is 99.4 Å². The molecule has 0 saturated carbocycles. The maximum absolute atomic E-state index is 13.7. The van der Waals surface area contributed by atoms with Crippen LogP contribution in [0.3, 0.4) is 0 Å². The Bertz CT molecular complexity index is 507. The van der Waals surface area contributed by atoms with Crippen LogP contribution in [0.5, 0.6) is 0 Å². The summed E-state index contributed by atoms with van der Waals surface area (Å²) < 4.78 is 32.7. The number of rotatable bonds is 2. The third-order valence-electron chi connectivity index (χ3n) is 2.66. The number of halogens is 2. The van der Waals surface area contributed by atoms with Gasteiger partial charge in [0.2, 0.25) is 6.23 Å². The van der Waals surface area contributed by atoms with Crippen molar-refractivity contribution in [2.75, 3.05) is 12.3 Å². The average molecular weight is 263 g/mol. The van der Waals surface area contributed by atoms with E-state index < -0.39 is 36.7 Å². The van der Waals surface area contributed by atoms with E-state index in [0.717, 1.165) is 12.3 Å². The molecule has 0 bridgehead atoms. The highest BCUT2D eigenvalue weighted by Gasteiger charge is 2.59. The van der Waals surface area contributed by atoms with Crippen molar-refractivity contribution in [3.63, 3.8) is 0 Å². The van der Waals surface area contributed by atoms with Gasteiger partial charge in [0.05, 0.1) is 6.61 Å². The van der Waals surface area contributed by atoms with Crippen molar-refractivity contribution in [3.8, 4) is 0 Å². The minimum Gasteiger partial charge on any atom is -0.394 e. The molecule has 4 N–H and O–H groups in total. The molecule has 1 aliphatic heterocycles. The van der Waals surface area contributed by atoms with Crippen LogP contribution in [0.4, 0.5) is 14.6 Å².